The van der Waals surface area contributed by atoms with Crippen molar-refractivity contribution in [1.82, 2.24) is 4.98 Å². The van der Waals surface area contributed by atoms with E-state index in [1.165, 1.54) is 19.3 Å². The number of fused-ring (bicyclic) bond motifs is 6. The Labute approximate surface area is 115 Å². The molecule has 3 aliphatic rings. The second kappa shape index (κ2) is 3.43. The third-order valence-corrected chi connectivity index (χ3v) is 5.69. The number of benzene rings is 1. The van der Waals surface area contributed by atoms with Crippen molar-refractivity contribution in [3.63, 3.8) is 0 Å². The van der Waals surface area contributed by atoms with Gasteiger partial charge < -0.3 is 9.52 Å². The zero-order chi connectivity index (χ0) is 13.4. The minimum Gasteiger partial charge on any atom is -0.478 e. The van der Waals surface area contributed by atoms with E-state index in [0.717, 1.165) is 29.6 Å². The lowest BCUT2D eigenvalue weighted by molar-refractivity contribution is 0.0699. The van der Waals surface area contributed by atoms with E-state index in [1.54, 1.807) is 12.1 Å². The van der Waals surface area contributed by atoms with Crippen LogP contribution in [0, 0.1) is 23.7 Å². The molecule has 0 aliphatic heterocycles. The first-order valence-corrected chi connectivity index (χ1v) is 7.37. The molecule has 0 radical (unpaired) electrons. The highest BCUT2D eigenvalue weighted by Crippen LogP contribution is 2.73. The third kappa shape index (κ3) is 1.22. The summed E-state index contributed by atoms with van der Waals surface area (Å²) in [6.45, 7) is 0. The molecule has 2 aromatic rings. The molecule has 0 amide bonds. The Balaban J connectivity index is 1.59. The zero-order valence-electron chi connectivity index (χ0n) is 11.0. The van der Waals surface area contributed by atoms with Crippen LogP contribution >= 0.6 is 0 Å². The fraction of sp³-hybridized carbons (Fsp3) is 0.500. The maximum absolute atomic E-state index is 11.2. The van der Waals surface area contributed by atoms with Gasteiger partial charge in [0, 0.05) is 5.92 Å². The molecule has 4 nitrogen and oxygen atoms in total. The fourth-order valence-corrected chi connectivity index (χ4v) is 4.94. The molecule has 4 unspecified atom stereocenters. The van der Waals surface area contributed by atoms with Gasteiger partial charge in [0.15, 0.2) is 11.5 Å². The molecule has 4 atom stereocenters. The summed E-state index contributed by atoms with van der Waals surface area (Å²) < 4.78 is 5.87. The fourth-order valence-electron chi connectivity index (χ4n) is 4.94. The molecular weight excluding hydrogens is 254 g/mol. The molecule has 20 heavy (non-hydrogen) atoms. The van der Waals surface area contributed by atoms with Gasteiger partial charge in [0.05, 0.1) is 5.56 Å². The second-order valence-electron chi connectivity index (χ2n) is 6.52. The molecule has 5 rings (SSSR count). The lowest BCUT2D eigenvalue weighted by atomic mass is 10.0. The summed E-state index contributed by atoms with van der Waals surface area (Å²) in [6, 6.07) is 5.12. The third-order valence-electron chi connectivity index (χ3n) is 5.69. The Bertz CT molecular complexity index is 718. The van der Waals surface area contributed by atoms with E-state index in [0.29, 0.717) is 17.0 Å². The smallest absolute Gasteiger partial charge is 0.338 e. The van der Waals surface area contributed by atoms with Crippen molar-refractivity contribution < 1.29 is 14.3 Å². The molecular formula is C16H15NO3. The van der Waals surface area contributed by atoms with E-state index in [-0.39, 0.29) is 5.56 Å². The molecule has 0 saturated heterocycles. The van der Waals surface area contributed by atoms with E-state index >= 15 is 0 Å². The van der Waals surface area contributed by atoms with Crippen LogP contribution in [0.4, 0.5) is 0 Å². The molecule has 3 aliphatic carbocycles. The van der Waals surface area contributed by atoms with Crippen LogP contribution in [0.1, 0.15) is 41.4 Å². The van der Waals surface area contributed by atoms with Crippen LogP contribution < -0.4 is 0 Å². The topological polar surface area (TPSA) is 63.3 Å². The summed E-state index contributed by atoms with van der Waals surface area (Å²) in [6.07, 6.45) is 4.12. The second-order valence-corrected chi connectivity index (χ2v) is 6.52. The first kappa shape index (κ1) is 10.9. The summed E-state index contributed by atoms with van der Waals surface area (Å²) in [5.41, 5.74) is 1.36. The summed E-state index contributed by atoms with van der Waals surface area (Å²) in [5.74, 6) is 3.54. The van der Waals surface area contributed by atoms with Crippen molar-refractivity contribution in [3.05, 3.63) is 29.7 Å². The number of aromatic nitrogens is 1. The lowest BCUT2D eigenvalue weighted by Crippen LogP contribution is -1.98. The maximum Gasteiger partial charge on any atom is 0.338 e. The molecule has 3 fully saturated rings. The molecule has 1 heterocycles. The molecule has 3 saturated carbocycles. The van der Waals surface area contributed by atoms with Gasteiger partial charge in [-0.3, -0.25) is 0 Å². The van der Waals surface area contributed by atoms with Crippen LogP contribution in [-0.4, -0.2) is 16.1 Å². The first-order chi connectivity index (χ1) is 9.74. The van der Waals surface area contributed by atoms with Crippen LogP contribution in [0.3, 0.4) is 0 Å². The Kier molecular flexibility index (Phi) is 1.87. The van der Waals surface area contributed by atoms with Crippen molar-refractivity contribution in [2.24, 2.45) is 23.7 Å². The minimum absolute atomic E-state index is 0.242. The van der Waals surface area contributed by atoms with Crippen LogP contribution in [-0.2, 0) is 0 Å². The number of hydrogen-bond acceptors (Lipinski definition) is 3. The lowest BCUT2D eigenvalue weighted by Gasteiger charge is -2.04. The number of oxazole rings is 1. The number of aromatic carboxylic acids is 1. The van der Waals surface area contributed by atoms with Crippen LogP contribution in [0.2, 0.25) is 0 Å². The molecule has 102 valence electrons. The Morgan fingerprint density at radius 3 is 2.70 bits per heavy atom. The average Bonchev–Trinajstić information content (AvgIpc) is 2.82. The van der Waals surface area contributed by atoms with Crippen molar-refractivity contribution in [3.8, 4) is 0 Å². The highest BCUT2D eigenvalue weighted by molar-refractivity contribution is 6.00. The van der Waals surface area contributed by atoms with Gasteiger partial charge in [-0.2, -0.15) is 0 Å². The molecule has 1 aromatic carbocycles. The predicted molar refractivity (Wildman–Crippen MR) is 71.5 cm³/mol. The highest BCUT2D eigenvalue weighted by Gasteiger charge is 2.67. The quantitative estimate of drug-likeness (QED) is 0.908. The van der Waals surface area contributed by atoms with Crippen LogP contribution in [0.25, 0.3) is 11.1 Å². The summed E-state index contributed by atoms with van der Waals surface area (Å²) >= 11 is 0. The Morgan fingerprint density at radius 1 is 1.25 bits per heavy atom. The number of carbonyl (C=O) groups is 1. The van der Waals surface area contributed by atoms with Crippen molar-refractivity contribution in [2.45, 2.75) is 25.2 Å². The van der Waals surface area contributed by atoms with Crippen LogP contribution in [0.15, 0.2) is 22.6 Å². The van der Waals surface area contributed by atoms with E-state index in [2.05, 4.69) is 4.98 Å². The van der Waals surface area contributed by atoms with Gasteiger partial charge in [-0.15, -0.1) is 0 Å². The number of para-hydroxylation sites is 1. The SMILES string of the molecule is O=C(O)c1cccc2oc(C3C4C5CCC(C5)C34)nc12. The highest BCUT2D eigenvalue weighted by atomic mass is 16.4. The monoisotopic (exact) mass is 269 g/mol. The van der Waals surface area contributed by atoms with E-state index < -0.39 is 5.97 Å². The van der Waals surface area contributed by atoms with Gasteiger partial charge in [0.2, 0.25) is 0 Å². The zero-order valence-corrected chi connectivity index (χ0v) is 11.0. The van der Waals surface area contributed by atoms with E-state index in [4.69, 9.17) is 4.42 Å². The van der Waals surface area contributed by atoms with Gasteiger partial charge in [0.1, 0.15) is 5.52 Å². The average molecular weight is 269 g/mol. The maximum atomic E-state index is 11.2. The molecule has 1 aromatic heterocycles. The van der Waals surface area contributed by atoms with Gasteiger partial charge >= 0.3 is 5.97 Å². The molecule has 1 N–H and O–H groups in total. The first-order valence-electron chi connectivity index (χ1n) is 7.37. The summed E-state index contributed by atoms with van der Waals surface area (Å²) in [5, 5.41) is 9.22. The molecule has 4 heteroatoms. The summed E-state index contributed by atoms with van der Waals surface area (Å²) in [4.78, 5) is 15.8. The van der Waals surface area contributed by atoms with Gasteiger partial charge in [0.25, 0.3) is 0 Å². The van der Waals surface area contributed by atoms with E-state index in [9.17, 15) is 9.90 Å². The molecule has 2 bridgehead atoms. The van der Waals surface area contributed by atoms with Crippen molar-refractivity contribution in [2.75, 3.05) is 0 Å². The van der Waals surface area contributed by atoms with Crippen LogP contribution in [0.5, 0.6) is 0 Å². The number of carboxylic acids is 1. The predicted octanol–water partition coefficient (Wildman–Crippen LogP) is 3.29. The Morgan fingerprint density at radius 2 is 2.00 bits per heavy atom. The van der Waals surface area contributed by atoms with Crippen molar-refractivity contribution >= 4 is 17.1 Å². The normalized spacial score (nSPS) is 37.3. The Hall–Kier alpha value is -1.84. The number of nitrogens with zero attached hydrogens (tertiary/aromatic N) is 1. The van der Waals surface area contributed by atoms with Gasteiger partial charge in [-0.1, -0.05) is 6.07 Å². The van der Waals surface area contributed by atoms with E-state index in [1.807, 2.05) is 6.07 Å². The number of hydrogen-bond donors (Lipinski definition) is 1. The van der Waals surface area contributed by atoms with Gasteiger partial charge in [-0.25, -0.2) is 9.78 Å². The summed E-state index contributed by atoms with van der Waals surface area (Å²) in [7, 11) is 0. The standard InChI is InChI=1S/C16H15NO3/c18-16(19)9-2-1-3-10-14(9)17-15(20-10)13-11-7-4-5-8(6-7)12(11)13/h1-3,7-8,11-13H,4-6H2,(H,18,19). The number of carboxylic acid groups (broad SMARTS) is 1. The number of rotatable bonds is 2. The van der Waals surface area contributed by atoms with Crippen molar-refractivity contribution in [1.29, 1.82) is 0 Å². The minimum atomic E-state index is -0.938. The molecule has 0 spiro atoms. The largest absolute Gasteiger partial charge is 0.478 e. The van der Waals surface area contributed by atoms with Gasteiger partial charge in [-0.05, 0) is 55.1 Å².